The Hall–Kier alpha value is -0.780. The van der Waals surface area contributed by atoms with Crippen LogP contribution < -0.4 is 0 Å². The Morgan fingerprint density at radius 2 is 2.08 bits per heavy atom. The van der Waals surface area contributed by atoms with Gasteiger partial charge in [-0.1, -0.05) is 25.1 Å². The van der Waals surface area contributed by atoms with E-state index >= 15 is 0 Å². The van der Waals surface area contributed by atoms with Crippen molar-refractivity contribution < 1.29 is 0 Å². The molecular weight excluding hydrogens is 144 g/mol. The van der Waals surface area contributed by atoms with E-state index in [1.165, 1.54) is 30.4 Å². The summed E-state index contributed by atoms with van der Waals surface area (Å²) in [6.07, 6.45) is 3.99. The topological polar surface area (TPSA) is 0 Å². The summed E-state index contributed by atoms with van der Waals surface area (Å²) < 4.78 is 0. The van der Waals surface area contributed by atoms with E-state index in [0.717, 1.165) is 5.92 Å². The first kappa shape index (κ1) is 7.85. The van der Waals surface area contributed by atoms with E-state index in [4.69, 9.17) is 0 Å². The zero-order chi connectivity index (χ0) is 8.55. The third-order valence-electron chi connectivity index (χ3n) is 2.77. The highest BCUT2D eigenvalue weighted by molar-refractivity contribution is 5.36. The normalized spacial score (nSPS) is 16.5. The van der Waals surface area contributed by atoms with Crippen molar-refractivity contribution in [1.82, 2.24) is 0 Å². The van der Waals surface area contributed by atoms with Crippen LogP contribution in [0.15, 0.2) is 18.2 Å². The van der Waals surface area contributed by atoms with Gasteiger partial charge in [0.1, 0.15) is 0 Å². The molecule has 1 aromatic carbocycles. The summed E-state index contributed by atoms with van der Waals surface area (Å²) in [4.78, 5) is 0. The van der Waals surface area contributed by atoms with Gasteiger partial charge in [0.15, 0.2) is 0 Å². The van der Waals surface area contributed by atoms with Gasteiger partial charge in [-0.2, -0.15) is 0 Å². The first-order valence-electron chi connectivity index (χ1n) is 4.90. The van der Waals surface area contributed by atoms with Gasteiger partial charge < -0.3 is 0 Å². The molecule has 1 saturated carbocycles. The van der Waals surface area contributed by atoms with Gasteiger partial charge in [-0.05, 0) is 48.8 Å². The second kappa shape index (κ2) is 2.93. The summed E-state index contributed by atoms with van der Waals surface area (Å²) in [5.41, 5.74) is 4.58. The van der Waals surface area contributed by atoms with Gasteiger partial charge >= 0.3 is 0 Å². The molecule has 0 aliphatic heterocycles. The van der Waals surface area contributed by atoms with Gasteiger partial charge in [-0.3, -0.25) is 0 Å². The maximum Gasteiger partial charge on any atom is -0.0159 e. The average Bonchev–Trinajstić information content (AvgIpc) is 2.88. The minimum absolute atomic E-state index is 0.900. The molecule has 64 valence electrons. The van der Waals surface area contributed by atoms with Crippen molar-refractivity contribution in [1.29, 1.82) is 0 Å². The molecule has 0 amide bonds. The van der Waals surface area contributed by atoms with E-state index in [-0.39, 0.29) is 0 Å². The molecule has 1 fully saturated rings. The summed E-state index contributed by atoms with van der Waals surface area (Å²) in [6, 6.07) is 6.92. The van der Waals surface area contributed by atoms with E-state index in [2.05, 4.69) is 32.0 Å². The molecule has 0 heteroatoms. The van der Waals surface area contributed by atoms with E-state index < -0.39 is 0 Å². The first-order chi connectivity index (χ1) is 5.81. The highest BCUT2D eigenvalue weighted by atomic mass is 14.3. The minimum Gasteiger partial charge on any atom is -0.0613 e. The fourth-order valence-electron chi connectivity index (χ4n) is 1.74. The Labute approximate surface area is 74.6 Å². The van der Waals surface area contributed by atoms with Crippen molar-refractivity contribution in [3.63, 3.8) is 0 Å². The molecule has 0 atom stereocenters. The zero-order valence-electron chi connectivity index (χ0n) is 7.93. The number of rotatable bonds is 2. The van der Waals surface area contributed by atoms with Crippen LogP contribution in [0.1, 0.15) is 42.4 Å². The average molecular weight is 160 g/mol. The van der Waals surface area contributed by atoms with Gasteiger partial charge in [0.2, 0.25) is 0 Å². The molecule has 0 bridgehead atoms. The Bertz CT molecular complexity index is 282. The minimum atomic E-state index is 0.900. The summed E-state index contributed by atoms with van der Waals surface area (Å²) in [5, 5.41) is 0. The van der Waals surface area contributed by atoms with Crippen molar-refractivity contribution in [3.8, 4) is 0 Å². The van der Waals surface area contributed by atoms with Gasteiger partial charge in [-0.25, -0.2) is 0 Å². The Morgan fingerprint density at radius 1 is 1.33 bits per heavy atom. The van der Waals surface area contributed by atoms with Crippen LogP contribution in [0.5, 0.6) is 0 Å². The highest BCUT2D eigenvalue weighted by Crippen LogP contribution is 2.41. The Kier molecular flexibility index (Phi) is 1.92. The van der Waals surface area contributed by atoms with Crippen molar-refractivity contribution in [2.24, 2.45) is 0 Å². The molecule has 0 aromatic heterocycles. The van der Waals surface area contributed by atoms with Crippen LogP contribution >= 0.6 is 0 Å². The summed E-state index contributed by atoms with van der Waals surface area (Å²) in [7, 11) is 0. The van der Waals surface area contributed by atoms with Crippen molar-refractivity contribution in [2.75, 3.05) is 0 Å². The maximum absolute atomic E-state index is 2.40. The molecule has 2 rings (SSSR count). The number of aryl methyl sites for hydroxylation is 2. The van der Waals surface area contributed by atoms with Crippen molar-refractivity contribution >= 4 is 0 Å². The van der Waals surface area contributed by atoms with Crippen molar-refractivity contribution in [3.05, 3.63) is 34.9 Å². The molecule has 12 heavy (non-hydrogen) atoms. The quantitative estimate of drug-likeness (QED) is 0.621. The lowest BCUT2D eigenvalue weighted by molar-refractivity contribution is 1.06. The van der Waals surface area contributed by atoms with Crippen LogP contribution in [-0.2, 0) is 6.42 Å². The fourth-order valence-corrected chi connectivity index (χ4v) is 1.74. The third-order valence-corrected chi connectivity index (χ3v) is 2.77. The molecular formula is C12H16. The molecule has 1 aliphatic carbocycles. The molecule has 0 nitrogen and oxygen atoms in total. The molecule has 0 N–H and O–H groups in total. The Morgan fingerprint density at radius 3 is 2.67 bits per heavy atom. The molecule has 0 spiro atoms. The third kappa shape index (κ3) is 1.38. The number of hydrogen-bond acceptors (Lipinski definition) is 0. The van der Waals surface area contributed by atoms with Gasteiger partial charge in [0.25, 0.3) is 0 Å². The predicted molar refractivity (Wildman–Crippen MR) is 52.5 cm³/mol. The van der Waals surface area contributed by atoms with Crippen LogP contribution in [0.2, 0.25) is 0 Å². The van der Waals surface area contributed by atoms with Crippen molar-refractivity contribution in [2.45, 2.75) is 39.0 Å². The molecule has 1 aliphatic rings. The van der Waals surface area contributed by atoms with E-state index in [1.54, 1.807) is 5.56 Å². The molecule has 0 radical (unpaired) electrons. The standard InChI is InChI=1S/C12H16/c1-3-10-5-4-9(2)12(8-10)11-6-7-11/h4-5,8,11H,3,6-7H2,1-2H3. The summed E-state index contributed by atoms with van der Waals surface area (Å²) in [5.74, 6) is 0.900. The lowest BCUT2D eigenvalue weighted by Gasteiger charge is -2.05. The maximum atomic E-state index is 2.40. The van der Waals surface area contributed by atoms with Crippen LogP contribution in [-0.4, -0.2) is 0 Å². The van der Waals surface area contributed by atoms with E-state index in [9.17, 15) is 0 Å². The molecule has 0 saturated heterocycles. The summed E-state index contributed by atoms with van der Waals surface area (Å²) in [6.45, 7) is 4.45. The second-order valence-corrected chi connectivity index (χ2v) is 3.82. The SMILES string of the molecule is CCc1ccc(C)c(C2CC2)c1. The predicted octanol–water partition coefficient (Wildman–Crippen LogP) is 3.43. The van der Waals surface area contributed by atoms with Crippen LogP contribution in [0.4, 0.5) is 0 Å². The zero-order valence-corrected chi connectivity index (χ0v) is 7.93. The van der Waals surface area contributed by atoms with Gasteiger partial charge in [-0.15, -0.1) is 0 Å². The smallest absolute Gasteiger partial charge is 0.0159 e. The lowest BCUT2D eigenvalue weighted by atomic mass is 10.0. The van der Waals surface area contributed by atoms with Crippen LogP contribution in [0, 0.1) is 6.92 Å². The molecule has 0 heterocycles. The van der Waals surface area contributed by atoms with E-state index in [1.807, 2.05) is 0 Å². The van der Waals surface area contributed by atoms with Crippen LogP contribution in [0.25, 0.3) is 0 Å². The fraction of sp³-hybridized carbons (Fsp3) is 0.500. The van der Waals surface area contributed by atoms with Gasteiger partial charge in [0, 0.05) is 0 Å². The largest absolute Gasteiger partial charge is 0.0613 e. The first-order valence-corrected chi connectivity index (χ1v) is 4.90. The van der Waals surface area contributed by atoms with Gasteiger partial charge in [0.05, 0.1) is 0 Å². The number of benzene rings is 1. The highest BCUT2D eigenvalue weighted by Gasteiger charge is 2.24. The molecule has 0 unspecified atom stereocenters. The Balaban J connectivity index is 2.36. The van der Waals surface area contributed by atoms with Crippen LogP contribution in [0.3, 0.4) is 0 Å². The number of hydrogen-bond donors (Lipinski definition) is 0. The van der Waals surface area contributed by atoms with E-state index in [0.29, 0.717) is 0 Å². The lowest BCUT2D eigenvalue weighted by Crippen LogP contribution is -1.88. The second-order valence-electron chi connectivity index (χ2n) is 3.82. The monoisotopic (exact) mass is 160 g/mol. The summed E-state index contributed by atoms with van der Waals surface area (Å²) >= 11 is 0. The molecule has 1 aromatic rings.